The third-order valence-electron chi connectivity index (χ3n) is 3.35. The van der Waals surface area contributed by atoms with Gasteiger partial charge in [-0.25, -0.2) is 4.79 Å². The second-order valence-electron chi connectivity index (χ2n) is 5.88. The van der Waals surface area contributed by atoms with Crippen molar-refractivity contribution in [1.29, 1.82) is 0 Å². The molecule has 0 atom stereocenters. The standard InChI is InChI=1S/C17H24N6O/c1-12-7-13(2)9-14(8-12)21-17(24)19-6-5-18-16-10-15(23(3)4)11-20-22-16/h7-11H,5-6H2,1-4H3,(H,18,22)(H2,19,21,24). The number of nitrogens with one attached hydrogen (secondary N) is 3. The van der Waals surface area contributed by atoms with E-state index in [0.717, 1.165) is 22.5 Å². The summed E-state index contributed by atoms with van der Waals surface area (Å²) in [4.78, 5) is 13.9. The van der Waals surface area contributed by atoms with Crippen molar-refractivity contribution in [2.75, 3.05) is 42.7 Å². The fraction of sp³-hybridized carbons (Fsp3) is 0.353. The Bertz CT molecular complexity index is 681. The minimum absolute atomic E-state index is 0.227. The maximum absolute atomic E-state index is 11.9. The van der Waals surface area contributed by atoms with Crippen LogP contribution in [-0.4, -0.2) is 43.4 Å². The van der Waals surface area contributed by atoms with Gasteiger partial charge in [0, 0.05) is 38.9 Å². The van der Waals surface area contributed by atoms with E-state index >= 15 is 0 Å². The summed E-state index contributed by atoms with van der Waals surface area (Å²) in [7, 11) is 3.89. The molecule has 0 spiro atoms. The Kier molecular flexibility index (Phi) is 5.95. The van der Waals surface area contributed by atoms with E-state index < -0.39 is 0 Å². The summed E-state index contributed by atoms with van der Waals surface area (Å²) in [6.07, 6.45) is 1.70. The molecule has 0 fully saturated rings. The number of carbonyl (C=O) groups is 1. The zero-order valence-corrected chi connectivity index (χ0v) is 14.6. The molecule has 1 aromatic heterocycles. The van der Waals surface area contributed by atoms with Crippen LogP contribution in [0.4, 0.5) is 22.0 Å². The molecule has 0 radical (unpaired) electrons. The predicted molar refractivity (Wildman–Crippen MR) is 97.8 cm³/mol. The van der Waals surface area contributed by atoms with Crippen molar-refractivity contribution in [3.05, 3.63) is 41.6 Å². The van der Waals surface area contributed by atoms with Crippen LogP contribution in [0.1, 0.15) is 11.1 Å². The molecule has 0 aliphatic rings. The number of anilines is 3. The summed E-state index contributed by atoms with van der Waals surface area (Å²) in [5.74, 6) is 0.678. The first kappa shape index (κ1) is 17.5. The van der Waals surface area contributed by atoms with Gasteiger partial charge in [-0.05, 0) is 37.1 Å². The summed E-state index contributed by atoms with van der Waals surface area (Å²) in [6.45, 7) is 5.04. The minimum atomic E-state index is -0.227. The van der Waals surface area contributed by atoms with Crippen molar-refractivity contribution in [1.82, 2.24) is 15.5 Å². The average Bonchev–Trinajstić information content (AvgIpc) is 2.51. The Hall–Kier alpha value is -2.83. The topological polar surface area (TPSA) is 82.2 Å². The number of nitrogens with zero attached hydrogens (tertiary/aromatic N) is 3. The lowest BCUT2D eigenvalue weighted by molar-refractivity contribution is 0.252. The molecule has 1 aromatic carbocycles. The molecule has 24 heavy (non-hydrogen) atoms. The first-order valence-electron chi connectivity index (χ1n) is 7.81. The van der Waals surface area contributed by atoms with Crippen LogP contribution in [0.15, 0.2) is 30.5 Å². The molecule has 0 bridgehead atoms. The second-order valence-corrected chi connectivity index (χ2v) is 5.88. The predicted octanol–water partition coefficient (Wildman–Crippen LogP) is 2.39. The van der Waals surface area contributed by atoms with Gasteiger partial charge in [0.2, 0.25) is 0 Å². The molecule has 128 valence electrons. The van der Waals surface area contributed by atoms with E-state index in [1.807, 2.05) is 51.0 Å². The number of aromatic nitrogens is 2. The van der Waals surface area contributed by atoms with E-state index in [-0.39, 0.29) is 6.03 Å². The van der Waals surface area contributed by atoms with E-state index in [1.54, 1.807) is 6.20 Å². The molecule has 3 N–H and O–H groups in total. The smallest absolute Gasteiger partial charge is 0.319 e. The molecule has 2 aromatic rings. The zero-order valence-electron chi connectivity index (χ0n) is 14.6. The summed E-state index contributed by atoms with van der Waals surface area (Å²) < 4.78 is 0. The highest BCUT2D eigenvalue weighted by atomic mass is 16.2. The number of benzene rings is 1. The molecule has 2 amide bonds. The number of hydrogen-bond donors (Lipinski definition) is 3. The number of aryl methyl sites for hydroxylation is 2. The van der Waals surface area contributed by atoms with Crippen molar-refractivity contribution < 1.29 is 4.79 Å². The SMILES string of the molecule is Cc1cc(C)cc(NC(=O)NCCNc2cc(N(C)C)cnn2)c1. The maximum atomic E-state index is 11.9. The first-order chi connectivity index (χ1) is 11.4. The normalized spacial score (nSPS) is 10.2. The van der Waals surface area contributed by atoms with E-state index in [9.17, 15) is 4.79 Å². The van der Waals surface area contributed by atoms with Crippen LogP contribution < -0.4 is 20.9 Å². The van der Waals surface area contributed by atoms with E-state index in [1.165, 1.54) is 0 Å². The van der Waals surface area contributed by atoms with Gasteiger partial charge in [-0.1, -0.05) is 6.07 Å². The third kappa shape index (κ3) is 5.42. The number of hydrogen-bond acceptors (Lipinski definition) is 5. The monoisotopic (exact) mass is 328 g/mol. The highest BCUT2D eigenvalue weighted by Gasteiger charge is 2.03. The van der Waals surface area contributed by atoms with Crippen LogP contribution in [0, 0.1) is 13.8 Å². The van der Waals surface area contributed by atoms with Crippen molar-refractivity contribution in [2.45, 2.75) is 13.8 Å². The summed E-state index contributed by atoms with van der Waals surface area (Å²) in [6, 6.07) is 7.62. The number of urea groups is 1. The molecule has 0 aliphatic carbocycles. The molecule has 0 saturated heterocycles. The molecule has 0 aliphatic heterocycles. The lowest BCUT2D eigenvalue weighted by Gasteiger charge is -2.13. The summed E-state index contributed by atoms with van der Waals surface area (Å²) >= 11 is 0. The Balaban J connectivity index is 1.75. The Morgan fingerprint density at radius 1 is 1.08 bits per heavy atom. The molecular formula is C17H24N6O. The van der Waals surface area contributed by atoms with Gasteiger partial charge < -0.3 is 20.9 Å². The number of carbonyl (C=O) groups excluding carboxylic acids is 1. The van der Waals surface area contributed by atoms with Gasteiger partial charge in [0.15, 0.2) is 5.82 Å². The molecule has 2 rings (SSSR count). The van der Waals surface area contributed by atoms with Crippen LogP contribution >= 0.6 is 0 Å². The molecule has 0 saturated carbocycles. The maximum Gasteiger partial charge on any atom is 0.319 e. The lowest BCUT2D eigenvalue weighted by atomic mass is 10.1. The zero-order chi connectivity index (χ0) is 17.5. The lowest BCUT2D eigenvalue weighted by Crippen LogP contribution is -2.32. The Morgan fingerprint density at radius 3 is 2.46 bits per heavy atom. The van der Waals surface area contributed by atoms with Crippen LogP contribution in [0.2, 0.25) is 0 Å². The highest BCUT2D eigenvalue weighted by molar-refractivity contribution is 5.89. The molecule has 7 nitrogen and oxygen atoms in total. The summed E-state index contributed by atoms with van der Waals surface area (Å²) in [5, 5.41) is 16.7. The molecule has 1 heterocycles. The fourth-order valence-electron chi connectivity index (χ4n) is 2.28. The second kappa shape index (κ2) is 8.14. The van der Waals surface area contributed by atoms with Gasteiger partial charge >= 0.3 is 6.03 Å². The van der Waals surface area contributed by atoms with Gasteiger partial charge in [-0.2, -0.15) is 5.10 Å². The average molecular weight is 328 g/mol. The van der Waals surface area contributed by atoms with Crippen LogP contribution in [0.3, 0.4) is 0 Å². The van der Waals surface area contributed by atoms with E-state index in [2.05, 4.69) is 32.2 Å². The Morgan fingerprint density at radius 2 is 1.79 bits per heavy atom. The largest absolute Gasteiger partial charge is 0.376 e. The van der Waals surface area contributed by atoms with Crippen molar-refractivity contribution in [2.24, 2.45) is 0 Å². The van der Waals surface area contributed by atoms with Gasteiger partial charge in [-0.15, -0.1) is 5.10 Å². The number of amides is 2. The van der Waals surface area contributed by atoms with Gasteiger partial charge in [0.25, 0.3) is 0 Å². The van der Waals surface area contributed by atoms with Crippen LogP contribution in [-0.2, 0) is 0 Å². The van der Waals surface area contributed by atoms with Crippen molar-refractivity contribution in [3.63, 3.8) is 0 Å². The molecule has 0 unspecified atom stereocenters. The van der Waals surface area contributed by atoms with Crippen LogP contribution in [0.5, 0.6) is 0 Å². The molecular weight excluding hydrogens is 304 g/mol. The first-order valence-corrected chi connectivity index (χ1v) is 7.81. The quantitative estimate of drug-likeness (QED) is 0.709. The van der Waals surface area contributed by atoms with Gasteiger partial charge in [-0.3, -0.25) is 0 Å². The van der Waals surface area contributed by atoms with Crippen molar-refractivity contribution in [3.8, 4) is 0 Å². The highest BCUT2D eigenvalue weighted by Crippen LogP contribution is 2.13. The van der Waals surface area contributed by atoms with E-state index in [0.29, 0.717) is 18.9 Å². The van der Waals surface area contributed by atoms with Crippen LogP contribution in [0.25, 0.3) is 0 Å². The van der Waals surface area contributed by atoms with Gasteiger partial charge in [0.1, 0.15) is 0 Å². The fourth-order valence-corrected chi connectivity index (χ4v) is 2.28. The third-order valence-corrected chi connectivity index (χ3v) is 3.35. The van der Waals surface area contributed by atoms with Gasteiger partial charge in [0.05, 0.1) is 11.9 Å². The summed E-state index contributed by atoms with van der Waals surface area (Å²) in [5.41, 5.74) is 3.99. The van der Waals surface area contributed by atoms with Crippen molar-refractivity contribution >= 4 is 23.2 Å². The van der Waals surface area contributed by atoms with E-state index in [4.69, 9.17) is 0 Å². The molecule has 7 heteroatoms. The number of rotatable bonds is 6. The Labute approximate surface area is 142 Å². The minimum Gasteiger partial charge on any atom is -0.376 e.